The van der Waals surface area contributed by atoms with Gasteiger partial charge in [-0.25, -0.2) is 4.99 Å². The number of carboxylic acid groups (broad SMARTS) is 1. The first-order valence-corrected chi connectivity index (χ1v) is 9.84. The number of allylic oxidation sites excluding steroid dienone is 1. The molecule has 0 bridgehead atoms. The summed E-state index contributed by atoms with van der Waals surface area (Å²) < 4.78 is 0. The second-order valence-electron chi connectivity index (χ2n) is 6.22. The van der Waals surface area contributed by atoms with Gasteiger partial charge in [-0.1, -0.05) is 60.3 Å². The number of nitrogens with one attached hydrogen (secondary N) is 2. The molecule has 0 saturated heterocycles. The molecule has 0 radical (unpaired) electrons. The largest absolute Gasteiger partial charge is 0.481 e. The smallest absolute Gasteiger partial charge is 0.304 e. The van der Waals surface area contributed by atoms with Crippen molar-refractivity contribution in [3.63, 3.8) is 0 Å². The molecule has 144 valence electrons. The van der Waals surface area contributed by atoms with Crippen LogP contribution in [-0.2, 0) is 9.59 Å². The number of carbonyl (C=O) groups is 2. The minimum atomic E-state index is -0.848. The molecule has 1 aliphatic rings. The first kappa shape index (κ1) is 19.7. The second kappa shape index (κ2) is 9.23. The summed E-state index contributed by atoms with van der Waals surface area (Å²) in [6, 6.07) is 18.4. The Morgan fingerprint density at radius 1 is 1.11 bits per heavy atom. The molecule has 6 nitrogen and oxygen atoms in total. The van der Waals surface area contributed by atoms with Crippen LogP contribution in [0.5, 0.6) is 0 Å². The molecule has 1 aliphatic heterocycles. The molecular formula is C21H21N3O3S. The van der Waals surface area contributed by atoms with Crippen LogP contribution in [0.15, 0.2) is 76.9 Å². The molecule has 0 saturated carbocycles. The fraction of sp³-hybridized carbons (Fsp3) is 0.190. The van der Waals surface area contributed by atoms with Gasteiger partial charge >= 0.3 is 5.97 Å². The van der Waals surface area contributed by atoms with Crippen molar-refractivity contribution in [1.29, 1.82) is 0 Å². The van der Waals surface area contributed by atoms with Gasteiger partial charge in [0.15, 0.2) is 5.17 Å². The molecule has 0 aliphatic carbocycles. The maximum Gasteiger partial charge on any atom is 0.304 e. The van der Waals surface area contributed by atoms with Crippen molar-refractivity contribution in [2.75, 3.05) is 11.1 Å². The molecule has 7 heteroatoms. The van der Waals surface area contributed by atoms with Gasteiger partial charge in [-0.15, -0.1) is 0 Å². The van der Waals surface area contributed by atoms with E-state index in [0.717, 1.165) is 5.56 Å². The minimum Gasteiger partial charge on any atom is -0.481 e. The third kappa shape index (κ3) is 5.01. The highest BCUT2D eigenvalue weighted by Gasteiger charge is 2.29. The number of anilines is 1. The first-order chi connectivity index (χ1) is 13.5. The van der Waals surface area contributed by atoms with E-state index in [1.165, 1.54) is 11.8 Å². The molecule has 3 N–H and O–H groups in total. The van der Waals surface area contributed by atoms with Gasteiger partial charge in [-0.3, -0.25) is 9.59 Å². The van der Waals surface area contributed by atoms with Crippen LogP contribution in [0.4, 0.5) is 5.69 Å². The van der Waals surface area contributed by atoms with Crippen molar-refractivity contribution in [3.05, 3.63) is 77.5 Å². The van der Waals surface area contributed by atoms with Crippen LogP contribution in [0.2, 0.25) is 0 Å². The number of thioether (sulfide) groups is 1. The lowest BCUT2D eigenvalue weighted by atomic mass is 9.96. The van der Waals surface area contributed by atoms with Crippen molar-refractivity contribution < 1.29 is 14.7 Å². The quantitative estimate of drug-likeness (QED) is 0.692. The maximum absolute atomic E-state index is 13.0. The molecule has 3 rings (SSSR count). The molecule has 1 atom stereocenters. The Bertz CT molecular complexity index is 911. The van der Waals surface area contributed by atoms with E-state index in [2.05, 4.69) is 10.6 Å². The SMILES string of the molecule is CC1=C(C(=O)Nc2ccccc2)[C@@H](c2ccccc2)N=C(SCCC(=O)O)N1. The number of aliphatic carboxylic acids is 1. The summed E-state index contributed by atoms with van der Waals surface area (Å²) >= 11 is 1.34. The van der Waals surface area contributed by atoms with Crippen LogP contribution in [0.25, 0.3) is 0 Å². The van der Waals surface area contributed by atoms with Crippen LogP contribution in [0.3, 0.4) is 0 Å². The van der Waals surface area contributed by atoms with Gasteiger partial charge in [-0.05, 0) is 24.6 Å². The number of benzene rings is 2. The molecule has 0 aromatic heterocycles. The number of para-hydroxylation sites is 1. The number of hydrogen-bond donors (Lipinski definition) is 3. The summed E-state index contributed by atoms with van der Waals surface area (Å²) in [6.45, 7) is 1.84. The fourth-order valence-electron chi connectivity index (χ4n) is 2.85. The van der Waals surface area contributed by atoms with E-state index in [0.29, 0.717) is 27.9 Å². The summed E-state index contributed by atoms with van der Waals surface area (Å²) in [6.07, 6.45) is 0.0471. The highest BCUT2D eigenvalue weighted by atomic mass is 32.2. The topological polar surface area (TPSA) is 90.8 Å². The van der Waals surface area contributed by atoms with Crippen LogP contribution in [0.1, 0.15) is 24.9 Å². The van der Waals surface area contributed by atoms with Gasteiger partial charge in [0, 0.05) is 17.1 Å². The van der Waals surface area contributed by atoms with Gasteiger partial charge in [0.2, 0.25) is 0 Å². The zero-order valence-corrected chi connectivity index (χ0v) is 16.2. The molecule has 1 amide bonds. The molecule has 0 unspecified atom stereocenters. The van der Waals surface area contributed by atoms with Crippen molar-refractivity contribution in [1.82, 2.24) is 5.32 Å². The summed E-state index contributed by atoms with van der Waals surface area (Å²) in [5.74, 6) is -0.663. The Morgan fingerprint density at radius 2 is 1.75 bits per heavy atom. The number of amidine groups is 1. The third-order valence-corrected chi connectivity index (χ3v) is 5.05. The standard InChI is InChI=1S/C21H21N3O3S/c1-14-18(20(27)23-16-10-6-3-7-11-16)19(15-8-4-2-5-9-15)24-21(22-14)28-13-12-17(25)26/h2-11,19H,12-13H2,1H3,(H,22,24)(H,23,27)(H,25,26)/t19-/m1/s1. The lowest BCUT2D eigenvalue weighted by Gasteiger charge is -2.26. The van der Waals surface area contributed by atoms with E-state index in [-0.39, 0.29) is 12.3 Å². The van der Waals surface area contributed by atoms with Gasteiger partial charge < -0.3 is 15.7 Å². The van der Waals surface area contributed by atoms with E-state index in [1.807, 2.05) is 67.6 Å². The Balaban J connectivity index is 1.86. The zero-order chi connectivity index (χ0) is 19.9. The lowest BCUT2D eigenvalue weighted by Crippen LogP contribution is -2.32. The summed E-state index contributed by atoms with van der Waals surface area (Å²) in [5, 5.41) is 15.5. The van der Waals surface area contributed by atoms with Gasteiger partial charge in [-0.2, -0.15) is 0 Å². The number of rotatable bonds is 6. The highest BCUT2D eigenvalue weighted by Crippen LogP contribution is 2.32. The van der Waals surface area contributed by atoms with E-state index < -0.39 is 12.0 Å². The maximum atomic E-state index is 13.0. The van der Waals surface area contributed by atoms with Gasteiger partial charge in [0.25, 0.3) is 5.91 Å². The van der Waals surface area contributed by atoms with Crippen molar-refractivity contribution >= 4 is 34.5 Å². The fourth-order valence-corrected chi connectivity index (χ4v) is 3.72. The number of amides is 1. The second-order valence-corrected chi connectivity index (χ2v) is 7.31. The van der Waals surface area contributed by atoms with Crippen LogP contribution in [-0.4, -0.2) is 27.9 Å². The number of aliphatic imine (C=N–C) groups is 1. The van der Waals surface area contributed by atoms with Crippen molar-refractivity contribution in [2.45, 2.75) is 19.4 Å². The van der Waals surface area contributed by atoms with E-state index in [4.69, 9.17) is 10.1 Å². The molecular weight excluding hydrogens is 374 g/mol. The van der Waals surface area contributed by atoms with Crippen LogP contribution >= 0.6 is 11.8 Å². The molecule has 0 fully saturated rings. The number of hydrogen-bond acceptors (Lipinski definition) is 5. The predicted molar refractivity (Wildman–Crippen MR) is 112 cm³/mol. The Kier molecular flexibility index (Phi) is 6.49. The van der Waals surface area contributed by atoms with Crippen molar-refractivity contribution in [3.8, 4) is 0 Å². The summed E-state index contributed by atoms with van der Waals surface area (Å²) in [4.78, 5) is 28.5. The van der Waals surface area contributed by atoms with E-state index in [9.17, 15) is 9.59 Å². The van der Waals surface area contributed by atoms with Gasteiger partial charge in [0.1, 0.15) is 6.04 Å². The number of carbonyl (C=O) groups excluding carboxylic acids is 1. The predicted octanol–water partition coefficient (Wildman–Crippen LogP) is 3.81. The minimum absolute atomic E-state index is 0.0471. The Labute approximate surface area is 167 Å². The normalized spacial score (nSPS) is 16.2. The highest BCUT2D eigenvalue weighted by molar-refractivity contribution is 8.13. The van der Waals surface area contributed by atoms with Crippen LogP contribution < -0.4 is 10.6 Å². The monoisotopic (exact) mass is 395 g/mol. The lowest BCUT2D eigenvalue weighted by molar-refractivity contribution is -0.136. The molecule has 2 aromatic rings. The number of carboxylic acids is 1. The molecule has 2 aromatic carbocycles. The summed E-state index contributed by atoms with van der Waals surface area (Å²) in [7, 11) is 0. The Hall–Kier alpha value is -3.06. The van der Waals surface area contributed by atoms with E-state index in [1.54, 1.807) is 0 Å². The molecule has 0 spiro atoms. The van der Waals surface area contributed by atoms with E-state index >= 15 is 0 Å². The zero-order valence-electron chi connectivity index (χ0n) is 15.4. The van der Waals surface area contributed by atoms with Crippen molar-refractivity contribution in [2.24, 2.45) is 4.99 Å². The average Bonchev–Trinajstić information content (AvgIpc) is 2.68. The Morgan fingerprint density at radius 3 is 2.39 bits per heavy atom. The van der Waals surface area contributed by atoms with Gasteiger partial charge in [0.05, 0.1) is 12.0 Å². The molecule has 28 heavy (non-hydrogen) atoms. The summed E-state index contributed by atoms with van der Waals surface area (Å²) in [5.41, 5.74) is 2.86. The third-order valence-electron chi connectivity index (χ3n) is 4.16. The average molecular weight is 395 g/mol. The van der Waals surface area contributed by atoms with Crippen LogP contribution in [0, 0.1) is 0 Å². The molecule has 1 heterocycles. The number of nitrogens with zero attached hydrogens (tertiary/aromatic N) is 1. The first-order valence-electron chi connectivity index (χ1n) is 8.86.